The van der Waals surface area contributed by atoms with E-state index in [9.17, 15) is 30.4 Å². The van der Waals surface area contributed by atoms with E-state index in [-0.39, 0.29) is 22.3 Å². The molecule has 2 N–H and O–H groups in total. The van der Waals surface area contributed by atoms with Crippen molar-refractivity contribution < 1.29 is 30.4 Å². The Morgan fingerprint density at radius 3 is 1.74 bits per heavy atom. The second-order valence-electron chi connectivity index (χ2n) is 5.61. The largest absolute Gasteiger partial charge is 0.238 e. The highest BCUT2D eigenvalue weighted by atomic mass is 32.2. The van der Waals surface area contributed by atoms with Gasteiger partial charge in [-0.15, -0.1) is 0 Å². The van der Waals surface area contributed by atoms with E-state index in [1.807, 2.05) is 0 Å². The summed E-state index contributed by atoms with van der Waals surface area (Å²) < 4.78 is 91.7. The molecule has 0 spiro atoms. The van der Waals surface area contributed by atoms with Crippen LogP contribution in [-0.2, 0) is 10.0 Å². The van der Waals surface area contributed by atoms with Crippen LogP contribution in [0.4, 0.5) is 22.0 Å². The molecule has 0 atom stereocenters. The first-order chi connectivity index (χ1) is 12.6. The lowest BCUT2D eigenvalue weighted by Crippen LogP contribution is -2.13. The van der Waals surface area contributed by atoms with Gasteiger partial charge in [0.15, 0.2) is 29.1 Å². The average Bonchev–Trinajstić information content (AvgIpc) is 2.60. The monoisotopic (exact) mass is 399 g/mol. The van der Waals surface area contributed by atoms with Crippen molar-refractivity contribution in [3.8, 4) is 22.3 Å². The summed E-state index contributed by atoms with van der Waals surface area (Å²) in [6.07, 6.45) is 0. The van der Waals surface area contributed by atoms with Crippen LogP contribution in [0.2, 0.25) is 0 Å². The maximum absolute atomic E-state index is 13.8. The normalized spacial score (nSPS) is 11.6. The second kappa shape index (κ2) is 6.75. The zero-order valence-corrected chi connectivity index (χ0v) is 14.1. The molecule has 0 amide bonds. The van der Waals surface area contributed by atoms with Crippen LogP contribution in [0, 0.1) is 29.1 Å². The maximum atomic E-state index is 13.8. The molecule has 0 saturated heterocycles. The van der Waals surface area contributed by atoms with E-state index in [2.05, 4.69) is 0 Å². The van der Waals surface area contributed by atoms with Crippen LogP contribution in [0.3, 0.4) is 0 Å². The van der Waals surface area contributed by atoms with Gasteiger partial charge < -0.3 is 0 Å². The SMILES string of the molecule is NS(=O)(=O)c1ccccc1-c1cc(F)c(F)cc1-c1cc(F)c(F)c(F)c1. The molecule has 0 bridgehead atoms. The van der Waals surface area contributed by atoms with E-state index >= 15 is 0 Å². The fourth-order valence-corrected chi connectivity index (χ4v) is 3.41. The lowest BCUT2D eigenvalue weighted by Gasteiger charge is -2.14. The molecule has 9 heteroatoms. The van der Waals surface area contributed by atoms with Crippen molar-refractivity contribution in [1.82, 2.24) is 0 Å². The molecule has 3 nitrogen and oxygen atoms in total. The van der Waals surface area contributed by atoms with Crippen LogP contribution < -0.4 is 5.14 Å². The predicted molar refractivity (Wildman–Crippen MR) is 88.5 cm³/mol. The molecule has 3 aromatic carbocycles. The lowest BCUT2D eigenvalue weighted by atomic mass is 9.94. The molecule has 3 rings (SSSR count). The smallest absolute Gasteiger partial charge is 0.225 e. The third-order valence-corrected chi connectivity index (χ3v) is 4.81. The van der Waals surface area contributed by atoms with Crippen LogP contribution in [0.5, 0.6) is 0 Å². The summed E-state index contributed by atoms with van der Waals surface area (Å²) in [6, 6.07) is 7.68. The first-order valence-corrected chi connectivity index (χ1v) is 8.90. The summed E-state index contributed by atoms with van der Waals surface area (Å²) in [5.41, 5.74) is -0.865. The molecule has 0 aliphatic rings. The van der Waals surface area contributed by atoms with Crippen LogP contribution in [0.1, 0.15) is 0 Å². The van der Waals surface area contributed by atoms with Gasteiger partial charge in [-0.2, -0.15) is 0 Å². The second-order valence-corrected chi connectivity index (χ2v) is 7.14. The highest BCUT2D eigenvalue weighted by Crippen LogP contribution is 2.37. The zero-order valence-electron chi connectivity index (χ0n) is 13.3. The van der Waals surface area contributed by atoms with Crippen molar-refractivity contribution in [2.45, 2.75) is 4.90 Å². The Balaban J connectivity index is 2.39. The van der Waals surface area contributed by atoms with Crippen LogP contribution in [0.25, 0.3) is 22.3 Å². The third kappa shape index (κ3) is 3.56. The molecule has 140 valence electrons. The Morgan fingerprint density at radius 1 is 0.667 bits per heavy atom. The molecule has 0 saturated carbocycles. The number of hydrogen-bond acceptors (Lipinski definition) is 2. The minimum absolute atomic E-state index is 0.112. The van der Waals surface area contributed by atoms with E-state index in [1.54, 1.807) is 0 Å². The predicted octanol–water partition coefficient (Wildman–Crippen LogP) is 4.36. The number of rotatable bonds is 3. The van der Waals surface area contributed by atoms with E-state index in [1.165, 1.54) is 18.2 Å². The van der Waals surface area contributed by atoms with Crippen LogP contribution in [-0.4, -0.2) is 8.42 Å². The molecule has 0 radical (unpaired) electrons. The summed E-state index contributed by atoms with van der Waals surface area (Å²) in [4.78, 5) is -0.402. The number of primary sulfonamides is 1. The Labute approximate surface area is 150 Å². The first kappa shape index (κ1) is 19.0. The van der Waals surface area contributed by atoms with Crippen molar-refractivity contribution in [2.75, 3.05) is 0 Å². The lowest BCUT2D eigenvalue weighted by molar-refractivity contribution is 0.447. The van der Waals surface area contributed by atoms with Gasteiger partial charge in [0.05, 0.1) is 4.90 Å². The van der Waals surface area contributed by atoms with Gasteiger partial charge in [-0.3, -0.25) is 0 Å². The standard InChI is InChI=1S/C18H10F5NO2S/c19-13-7-11(9-5-15(21)18(23)16(22)6-9)12(8-14(13)20)10-3-1-2-4-17(10)27(24,25)26/h1-8H,(H2,24,25,26). The molecule has 0 aliphatic carbocycles. The summed E-state index contributed by atoms with van der Waals surface area (Å²) in [7, 11) is -4.25. The maximum Gasteiger partial charge on any atom is 0.238 e. The molecular weight excluding hydrogens is 389 g/mol. The zero-order chi connectivity index (χ0) is 19.9. The van der Waals surface area contributed by atoms with Gasteiger partial charge in [-0.1, -0.05) is 18.2 Å². The number of benzene rings is 3. The molecular formula is C18H10F5NO2S. The van der Waals surface area contributed by atoms with Gasteiger partial charge in [0, 0.05) is 5.56 Å². The van der Waals surface area contributed by atoms with Gasteiger partial charge in [-0.05, 0) is 47.0 Å². The van der Waals surface area contributed by atoms with Crippen molar-refractivity contribution in [1.29, 1.82) is 0 Å². The average molecular weight is 399 g/mol. The Morgan fingerprint density at radius 2 is 1.19 bits per heavy atom. The highest BCUT2D eigenvalue weighted by molar-refractivity contribution is 7.89. The molecule has 0 heterocycles. The highest BCUT2D eigenvalue weighted by Gasteiger charge is 2.21. The van der Waals surface area contributed by atoms with Crippen LogP contribution >= 0.6 is 0 Å². The topological polar surface area (TPSA) is 60.2 Å². The van der Waals surface area contributed by atoms with Crippen molar-refractivity contribution >= 4 is 10.0 Å². The Hall–Kier alpha value is -2.78. The third-order valence-electron chi connectivity index (χ3n) is 3.84. The first-order valence-electron chi connectivity index (χ1n) is 7.35. The summed E-state index contributed by atoms with van der Waals surface area (Å²) in [6.45, 7) is 0. The fourth-order valence-electron chi connectivity index (χ4n) is 2.66. The summed E-state index contributed by atoms with van der Waals surface area (Å²) in [5, 5.41) is 5.15. The van der Waals surface area contributed by atoms with Crippen molar-refractivity contribution in [3.05, 3.63) is 77.6 Å². The number of nitrogens with two attached hydrogens (primary N) is 1. The number of sulfonamides is 1. The van der Waals surface area contributed by atoms with Gasteiger partial charge in [0.2, 0.25) is 10.0 Å². The van der Waals surface area contributed by atoms with E-state index in [0.717, 1.165) is 6.07 Å². The summed E-state index contributed by atoms with van der Waals surface area (Å²) in [5.74, 6) is -7.47. The molecule has 27 heavy (non-hydrogen) atoms. The fraction of sp³-hybridized carbons (Fsp3) is 0. The number of hydrogen-bond donors (Lipinski definition) is 1. The van der Waals surface area contributed by atoms with Gasteiger partial charge in [0.1, 0.15) is 0 Å². The minimum Gasteiger partial charge on any atom is -0.225 e. The van der Waals surface area contributed by atoms with Gasteiger partial charge >= 0.3 is 0 Å². The quantitative estimate of drug-likeness (QED) is 0.525. The Kier molecular flexibility index (Phi) is 4.75. The molecule has 0 unspecified atom stereocenters. The molecule has 3 aromatic rings. The van der Waals surface area contributed by atoms with Crippen LogP contribution in [0.15, 0.2) is 53.4 Å². The number of halogens is 5. The summed E-state index contributed by atoms with van der Waals surface area (Å²) >= 11 is 0. The van der Waals surface area contributed by atoms with Gasteiger partial charge in [-0.25, -0.2) is 35.5 Å². The van der Waals surface area contributed by atoms with Gasteiger partial charge in [0.25, 0.3) is 0 Å². The molecule has 0 aromatic heterocycles. The van der Waals surface area contributed by atoms with Crippen molar-refractivity contribution in [3.63, 3.8) is 0 Å². The van der Waals surface area contributed by atoms with Crippen molar-refractivity contribution in [2.24, 2.45) is 5.14 Å². The molecule has 0 aliphatic heterocycles. The minimum atomic E-state index is -4.25. The van der Waals surface area contributed by atoms with E-state index in [4.69, 9.17) is 5.14 Å². The van der Waals surface area contributed by atoms with E-state index in [0.29, 0.717) is 24.3 Å². The molecule has 0 fully saturated rings. The van der Waals surface area contributed by atoms with E-state index < -0.39 is 44.0 Å². The Bertz CT molecular complexity index is 1140.